The number of nitrogens with zero attached hydrogens (tertiary/aromatic N) is 1. The molecule has 0 aromatic heterocycles. The van der Waals surface area contributed by atoms with E-state index >= 15 is 0 Å². The molecule has 0 spiro atoms. The maximum absolute atomic E-state index is 14.9. The first-order valence-electron chi connectivity index (χ1n) is 8.11. The lowest BCUT2D eigenvalue weighted by molar-refractivity contribution is 0.0679. The number of sulfonamides is 1. The van der Waals surface area contributed by atoms with E-state index in [2.05, 4.69) is 15.9 Å². The van der Waals surface area contributed by atoms with Crippen molar-refractivity contribution in [2.75, 3.05) is 6.54 Å². The van der Waals surface area contributed by atoms with Gasteiger partial charge < -0.3 is 4.55 Å². The van der Waals surface area contributed by atoms with E-state index in [1.54, 1.807) is 24.3 Å². The third-order valence-electron chi connectivity index (χ3n) is 4.09. The van der Waals surface area contributed by atoms with Crippen LogP contribution in [-0.4, -0.2) is 38.9 Å². The molecule has 2 unspecified atom stereocenters. The van der Waals surface area contributed by atoms with Crippen molar-refractivity contribution < 1.29 is 26.4 Å². The van der Waals surface area contributed by atoms with Gasteiger partial charge in [-0.05, 0) is 32.0 Å². The number of halogens is 2. The molecular weight excluding hydrogens is 473 g/mol. The minimum absolute atomic E-state index is 0.114. The Labute approximate surface area is 174 Å². The van der Waals surface area contributed by atoms with Gasteiger partial charge in [-0.15, -0.1) is 3.71 Å². The smallest absolute Gasteiger partial charge is 0.253 e. The van der Waals surface area contributed by atoms with Crippen LogP contribution in [0.25, 0.3) is 0 Å². The molecule has 0 amide bonds. The summed E-state index contributed by atoms with van der Waals surface area (Å²) in [5.41, 5.74) is -2.05. The molecule has 0 saturated heterocycles. The summed E-state index contributed by atoms with van der Waals surface area (Å²) < 4.78 is 64.3. The molecule has 0 aliphatic rings. The van der Waals surface area contributed by atoms with Gasteiger partial charge in [0.25, 0.3) is 10.0 Å². The molecule has 0 bridgehead atoms. The van der Waals surface area contributed by atoms with Crippen molar-refractivity contribution in [3.63, 3.8) is 0 Å². The monoisotopic (exact) mass is 490 g/mol. The first kappa shape index (κ1) is 22.8. The third kappa shape index (κ3) is 5.12. The summed E-state index contributed by atoms with van der Waals surface area (Å²) in [7, 11) is -4.49. The number of Topliss-reactive ketones (excluding diaryl/α,β-unsaturated/α-hetero) is 1. The Morgan fingerprint density at radius 2 is 1.71 bits per heavy atom. The summed E-state index contributed by atoms with van der Waals surface area (Å²) in [6, 6.07) is 13.2. The molecule has 0 saturated carbocycles. The normalized spacial score (nSPS) is 14.6. The van der Waals surface area contributed by atoms with Crippen molar-refractivity contribution in [2.24, 2.45) is 5.92 Å². The summed E-state index contributed by atoms with van der Waals surface area (Å²) in [5, 5.41) is 0. The van der Waals surface area contributed by atoms with Crippen molar-refractivity contribution >= 4 is 43.0 Å². The van der Waals surface area contributed by atoms with E-state index in [0.717, 1.165) is 13.8 Å². The van der Waals surface area contributed by atoms with E-state index in [9.17, 15) is 26.4 Å². The quantitative estimate of drug-likeness (QED) is 0.416. The van der Waals surface area contributed by atoms with Gasteiger partial charge in [0, 0.05) is 27.8 Å². The molecule has 0 aliphatic heterocycles. The lowest BCUT2D eigenvalue weighted by Gasteiger charge is -2.32. The number of carbonyl (C=O) groups excluding carboxylic acids is 1. The lowest BCUT2D eigenvalue weighted by atomic mass is 9.86. The molecule has 0 heterocycles. The summed E-state index contributed by atoms with van der Waals surface area (Å²) in [6.45, 7) is 1.35. The topological polar surface area (TPSA) is 94.6 Å². The van der Waals surface area contributed by atoms with Crippen molar-refractivity contribution in [2.45, 2.75) is 24.4 Å². The van der Waals surface area contributed by atoms with E-state index in [-0.39, 0.29) is 14.2 Å². The Kier molecular flexibility index (Phi) is 7.27. The van der Waals surface area contributed by atoms with Crippen molar-refractivity contribution in [1.82, 2.24) is 3.71 Å². The maximum Gasteiger partial charge on any atom is 0.253 e. The maximum atomic E-state index is 14.9. The lowest BCUT2D eigenvalue weighted by Crippen LogP contribution is -2.45. The molecule has 152 valence electrons. The van der Waals surface area contributed by atoms with Crippen LogP contribution in [0.1, 0.15) is 24.2 Å². The van der Waals surface area contributed by atoms with Crippen molar-refractivity contribution in [3.05, 3.63) is 64.6 Å². The summed E-state index contributed by atoms with van der Waals surface area (Å²) in [5.74, 6) is -2.26. The Hall–Kier alpha value is -1.46. The Morgan fingerprint density at radius 1 is 1.18 bits per heavy atom. The molecule has 28 heavy (non-hydrogen) atoms. The van der Waals surface area contributed by atoms with Gasteiger partial charge in [-0.25, -0.2) is 12.8 Å². The van der Waals surface area contributed by atoms with Gasteiger partial charge in [0.2, 0.25) is 0 Å². The number of alkyl halides is 1. The van der Waals surface area contributed by atoms with Gasteiger partial charge in [0.05, 0.1) is 10.8 Å². The van der Waals surface area contributed by atoms with Gasteiger partial charge in [-0.3, -0.25) is 9.00 Å². The second-order valence-corrected chi connectivity index (χ2v) is 10.3. The zero-order valence-electron chi connectivity index (χ0n) is 15.0. The highest BCUT2D eigenvalue weighted by Gasteiger charge is 2.41. The molecule has 0 radical (unpaired) electrons. The van der Waals surface area contributed by atoms with Crippen LogP contribution in [0.3, 0.4) is 0 Å². The molecule has 2 aromatic carbocycles. The number of carbonyl (C=O) groups is 1. The SMILES string of the molecule is CC(C)(F)C(CN(S(=O)[O-])S(=O)(=O)c1ccccc1)C(=O)c1ccccc1Br. The highest BCUT2D eigenvalue weighted by molar-refractivity contribution is 9.10. The fourth-order valence-corrected chi connectivity index (χ4v) is 5.29. The van der Waals surface area contributed by atoms with E-state index in [1.165, 1.54) is 30.3 Å². The van der Waals surface area contributed by atoms with E-state index in [4.69, 9.17) is 0 Å². The van der Waals surface area contributed by atoms with Gasteiger partial charge in [-0.2, -0.15) is 0 Å². The minimum atomic E-state index is -4.49. The first-order valence-corrected chi connectivity index (χ1v) is 11.4. The van der Waals surface area contributed by atoms with Crippen LogP contribution in [0.4, 0.5) is 4.39 Å². The Balaban J connectivity index is 2.48. The molecule has 2 atom stereocenters. The molecule has 0 N–H and O–H groups in total. The standard InChI is InChI=1S/C18H19BrFNO5S2/c1-18(2,20)15(17(22)14-10-6-7-11-16(14)19)12-21(27(23)24)28(25,26)13-8-4-3-5-9-13/h3-11,15H,12H2,1-2H3,(H,23,24)/p-1. The van der Waals surface area contributed by atoms with E-state index in [0.29, 0.717) is 4.47 Å². The van der Waals surface area contributed by atoms with Crippen LogP contribution in [0.2, 0.25) is 0 Å². The van der Waals surface area contributed by atoms with Gasteiger partial charge in [0.1, 0.15) is 5.67 Å². The van der Waals surface area contributed by atoms with Crippen LogP contribution in [-0.2, 0) is 21.3 Å². The molecule has 0 aliphatic carbocycles. The second kappa shape index (κ2) is 8.91. The Bertz CT molecular complexity index is 977. The molecule has 0 fully saturated rings. The van der Waals surface area contributed by atoms with Crippen molar-refractivity contribution in [3.8, 4) is 0 Å². The third-order valence-corrected chi connectivity index (χ3v) is 7.77. The summed E-state index contributed by atoms with van der Waals surface area (Å²) in [6.07, 6.45) is 0. The first-order chi connectivity index (χ1) is 13.0. The highest BCUT2D eigenvalue weighted by Crippen LogP contribution is 2.31. The van der Waals surface area contributed by atoms with Crippen LogP contribution in [0.15, 0.2) is 64.0 Å². The minimum Gasteiger partial charge on any atom is -0.759 e. The molecule has 6 nitrogen and oxygen atoms in total. The number of rotatable bonds is 8. The molecular formula is C18H18BrFNO5S2-. The predicted octanol–water partition coefficient (Wildman–Crippen LogP) is 3.48. The number of hydrogen-bond donors (Lipinski definition) is 0. The zero-order valence-corrected chi connectivity index (χ0v) is 18.3. The van der Waals surface area contributed by atoms with Crippen molar-refractivity contribution in [1.29, 1.82) is 0 Å². The average molecular weight is 491 g/mol. The molecule has 2 rings (SSSR count). The molecule has 10 heteroatoms. The van der Waals surface area contributed by atoms with Gasteiger partial charge in [0.15, 0.2) is 5.78 Å². The zero-order chi connectivity index (χ0) is 21.1. The number of benzene rings is 2. The largest absolute Gasteiger partial charge is 0.759 e. The second-order valence-electron chi connectivity index (χ2n) is 6.48. The van der Waals surface area contributed by atoms with Crippen LogP contribution >= 0.6 is 15.9 Å². The summed E-state index contributed by atoms with van der Waals surface area (Å²) in [4.78, 5) is 12.7. The van der Waals surface area contributed by atoms with E-state index < -0.39 is 45.2 Å². The van der Waals surface area contributed by atoms with Crippen LogP contribution in [0, 0.1) is 5.92 Å². The number of ketones is 1. The molecule has 2 aromatic rings. The van der Waals surface area contributed by atoms with Crippen LogP contribution < -0.4 is 0 Å². The van der Waals surface area contributed by atoms with Crippen LogP contribution in [0.5, 0.6) is 0 Å². The average Bonchev–Trinajstić information content (AvgIpc) is 2.61. The fraction of sp³-hybridized carbons (Fsp3) is 0.278. The Morgan fingerprint density at radius 3 is 2.21 bits per heavy atom. The van der Waals surface area contributed by atoms with E-state index in [1.807, 2.05) is 0 Å². The summed E-state index contributed by atoms with van der Waals surface area (Å²) >= 11 is -0.0358. The van der Waals surface area contributed by atoms with Gasteiger partial charge in [-0.1, -0.05) is 52.3 Å². The van der Waals surface area contributed by atoms with Gasteiger partial charge >= 0.3 is 0 Å². The fourth-order valence-electron chi connectivity index (χ4n) is 2.56. The highest BCUT2D eigenvalue weighted by atomic mass is 79.9. The predicted molar refractivity (Wildman–Crippen MR) is 106 cm³/mol. The number of hydrogen-bond acceptors (Lipinski definition) is 5.